The molecule has 132 valence electrons. The van der Waals surface area contributed by atoms with Crippen LogP contribution in [0, 0.1) is 19.7 Å². The monoisotopic (exact) mass is 346 g/mol. The number of nitrogens with one attached hydrogen (secondary N) is 2. The molecule has 0 aliphatic carbocycles. The molecule has 2 aromatic rings. The van der Waals surface area contributed by atoms with Crippen molar-refractivity contribution in [3.63, 3.8) is 0 Å². The number of methoxy groups -OCH3 is 1. The lowest BCUT2D eigenvalue weighted by Gasteiger charge is -2.10. The fourth-order valence-corrected chi connectivity index (χ4v) is 2.21. The van der Waals surface area contributed by atoms with E-state index >= 15 is 0 Å². The largest absolute Gasteiger partial charge is 0.494 e. The minimum atomic E-state index is -0.667. The topological polar surface area (TPSA) is 76.7 Å². The molecule has 25 heavy (non-hydrogen) atoms. The molecule has 6 nitrogen and oxygen atoms in total. The summed E-state index contributed by atoms with van der Waals surface area (Å²) in [5.74, 6) is -1.26. The quantitative estimate of drug-likeness (QED) is 0.815. The van der Waals surface area contributed by atoms with Crippen molar-refractivity contribution in [3.05, 3.63) is 58.9 Å². The van der Waals surface area contributed by atoms with Gasteiger partial charge < -0.3 is 9.47 Å². The number of ether oxygens (including phenoxy) is 2. The van der Waals surface area contributed by atoms with Crippen LogP contribution in [0.5, 0.6) is 11.5 Å². The zero-order valence-electron chi connectivity index (χ0n) is 14.2. The van der Waals surface area contributed by atoms with E-state index in [9.17, 15) is 14.0 Å². The number of hydrazine groups is 1. The van der Waals surface area contributed by atoms with Crippen LogP contribution in [0.15, 0.2) is 36.4 Å². The van der Waals surface area contributed by atoms with Crippen molar-refractivity contribution in [2.24, 2.45) is 0 Å². The van der Waals surface area contributed by atoms with Crippen LogP contribution >= 0.6 is 0 Å². The highest BCUT2D eigenvalue weighted by atomic mass is 19.1. The van der Waals surface area contributed by atoms with Crippen molar-refractivity contribution in [1.29, 1.82) is 0 Å². The second kappa shape index (κ2) is 8.14. The number of hydrogen-bond acceptors (Lipinski definition) is 4. The van der Waals surface area contributed by atoms with Gasteiger partial charge in [0.1, 0.15) is 5.75 Å². The molecule has 0 saturated carbocycles. The van der Waals surface area contributed by atoms with Crippen LogP contribution in [0.1, 0.15) is 21.5 Å². The Balaban J connectivity index is 1.85. The van der Waals surface area contributed by atoms with Gasteiger partial charge in [-0.25, -0.2) is 4.39 Å². The number of carbonyl (C=O) groups is 2. The van der Waals surface area contributed by atoms with Crippen LogP contribution in [0.3, 0.4) is 0 Å². The lowest BCUT2D eigenvalue weighted by molar-refractivity contribution is -0.123. The molecule has 2 aromatic carbocycles. The van der Waals surface area contributed by atoms with E-state index in [-0.39, 0.29) is 17.9 Å². The fraction of sp³-hybridized carbons (Fsp3) is 0.222. The summed E-state index contributed by atoms with van der Waals surface area (Å²) in [6, 6.07) is 9.33. The molecule has 0 unspecified atom stereocenters. The van der Waals surface area contributed by atoms with Gasteiger partial charge >= 0.3 is 0 Å². The molecule has 2 amide bonds. The van der Waals surface area contributed by atoms with Crippen molar-refractivity contribution in [3.8, 4) is 11.5 Å². The highest BCUT2D eigenvalue weighted by Crippen LogP contribution is 2.17. The summed E-state index contributed by atoms with van der Waals surface area (Å²) in [6.07, 6.45) is 0. The van der Waals surface area contributed by atoms with Crippen molar-refractivity contribution >= 4 is 11.8 Å². The first-order valence-corrected chi connectivity index (χ1v) is 7.53. The Kier molecular flexibility index (Phi) is 5.94. The van der Waals surface area contributed by atoms with Gasteiger partial charge in [0, 0.05) is 5.56 Å². The molecule has 0 aliphatic rings. The van der Waals surface area contributed by atoms with Gasteiger partial charge in [-0.15, -0.1) is 0 Å². The summed E-state index contributed by atoms with van der Waals surface area (Å²) in [6.45, 7) is 3.59. The molecule has 2 rings (SSSR count). The van der Waals surface area contributed by atoms with E-state index in [4.69, 9.17) is 9.47 Å². The molecule has 0 radical (unpaired) electrons. The number of rotatable bonds is 5. The molecular formula is C18H19FN2O4. The van der Waals surface area contributed by atoms with Gasteiger partial charge in [-0.1, -0.05) is 6.07 Å². The molecule has 0 atom stereocenters. The summed E-state index contributed by atoms with van der Waals surface area (Å²) in [4.78, 5) is 23.6. The Labute approximate surface area is 144 Å². The second-order valence-corrected chi connectivity index (χ2v) is 5.46. The fourth-order valence-electron chi connectivity index (χ4n) is 2.21. The molecule has 0 saturated heterocycles. The van der Waals surface area contributed by atoms with Gasteiger partial charge in [-0.05, 0) is 55.3 Å². The third kappa shape index (κ3) is 5.20. The third-order valence-corrected chi connectivity index (χ3v) is 3.29. The maximum atomic E-state index is 13.6. The van der Waals surface area contributed by atoms with E-state index in [1.165, 1.54) is 19.2 Å². The van der Waals surface area contributed by atoms with Crippen molar-refractivity contribution in [1.82, 2.24) is 10.9 Å². The number of aryl methyl sites for hydroxylation is 2. The van der Waals surface area contributed by atoms with Crippen LogP contribution in [-0.2, 0) is 4.79 Å². The molecule has 0 bridgehead atoms. The predicted octanol–water partition coefficient (Wildman–Crippen LogP) is 2.29. The lowest BCUT2D eigenvalue weighted by Crippen LogP contribution is -2.43. The van der Waals surface area contributed by atoms with Crippen LogP contribution in [-0.4, -0.2) is 25.5 Å². The van der Waals surface area contributed by atoms with E-state index in [1.54, 1.807) is 12.1 Å². The minimum absolute atomic E-state index is 0.0300. The minimum Gasteiger partial charge on any atom is -0.494 e. The van der Waals surface area contributed by atoms with E-state index in [0.717, 1.165) is 17.2 Å². The Morgan fingerprint density at radius 2 is 1.72 bits per heavy atom. The van der Waals surface area contributed by atoms with Gasteiger partial charge in [-0.2, -0.15) is 0 Å². The van der Waals surface area contributed by atoms with Crippen molar-refractivity contribution < 1.29 is 23.5 Å². The van der Waals surface area contributed by atoms with E-state index < -0.39 is 17.6 Å². The predicted molar refractivity (Wildman–Crippen MR) is 90.0 cm³/mol. The normalized spacial score (nSPS) is 10.1. The average Bonchev–Trinajstić information content (AvgIpc) is 2.57. The summed E-state index contributed by atoms with van der Waals surface area (Å²) >= 11 is 0. The molecule has 2 N–H and O–H groups in total. The molecule has 0 fully saturated rings. The van der Waals surface area contributed by atoms with Crippen LogP contribution in [0.25, 0.3) is 0 Å². The highest BCUT2D eigenvalue weighted by molar-refractivity contribution is 5.95. The van der Waals surface area contributed by atoms with Crippen molar-refractivity contribution in [2.45, 2.75) is 13.8 Å². The van der Waals surface area contributed by atoms with Crippen LogP contribution in [0.4, 0.5) is 4.39 Å². The number of halogens is 1. The van der Waals surface area contributed by atoms with Crippen molar-refractivity contribution in [2.75, 3.05) is 13.7 Å². The third-order valence-electron chi connectivity index (χ3n) is 3.29. The summed E-state index contributed by atoms with van der Waals surface area (Å²) in [5.41, 5.74) is 6.50. The highest BCUT2D eigenvalue weighted by Gasteiger charge is 2.11. The van der Waals surface area contributed by atoms with Gasteiger partial charge in [0.05, 0.1) is 7.11 Å². The number of hydrogen-bond donors (Lipinski definition) is 2. The Hall–Kier alpha value is -3.09. The second-order valence-electron chi connectivity index (χ2n) is 5.46. The Bertz CT molecular complexity index is 772. The smallest absolute Gasteiger partial charge is 0.276 e. The number of amides is 2. The summed E-state index contributed by atoms with van der Waals surface area (Å²) < 4.78 is 23.7. The van der Waals surface area contributed by atoms with E-state index in [2.05, 4.69) is 10.9 Å². The number of benzene rings is 2. The summed E-state index contributed by atoms with van der Waals surface area (Å²) in [5, 5.41) is 0. The number of carbonyl (C=O) groups excluding carboxylic acids is 2. The maximum absolute atomic E-state index is 13.6. The van der Waals surface area contributed by atoms with E-state index in [1.807, 2.05) is 19.9 Å². The molecule has 0 heterocycles. The summed E-state index contributed by atoms with van der Waals surface area (Å²) in [7, 11) is 1.33. The molecule has 0 aliphatic heterocycles. The molecule has 0 spiro atoms. The Morgan fingerprint density at radius 1 is 1.04 bits per heavy atom. The molecule has 0 aromatic heterocycles. The lowest BCUT2D eigenvalue weighted by atomic mass is 10.1. The van der Waals surface area contributed by atoms with E-state index in [0.29, 0.717) is 5.75 Å². The van der Waals surface area contributed by atoms with Gasteiger partial charge in [-0.3, -0.25) is 20.4 Å². The average molecular weight is 346 g/mol. The zero-order valence-corrected chi connectivity index (χ0v) is 14.2. The van der Waals surface area contributed by atoms with Crippen LogP contribution in [0.2, 0.25) is 0 Å². The van der Waals surface area contributed by atoms with Crippen LogP contribution < -0.4 is 20.3 Å². The standard InChI is InChI=1S/C18H19FN2O4/c1-11-6-12(2)8-14(7-11)25-10-17(22)20-21-18(23)13-4-5-16(24-3)15(19)9-13/h4-9H,10H2,1-3H3,(H,20,22)(H,21,23). The van der Waals surface area contributed by atoms with Gasteiger partial charge in [0.25, 0.3) is 11.8 Å². The SMILES string of the molecule is COc1ccc(C(=O)NNC(=O)COc2cc(C)cc(C)c2)cc1F. The van der Waals surface area contributed by atoms with Gasteiger partial charge in [0.2, 0.25) is 0 Å². The maximum Gasteiger partial charge on any atom is 0.276 e. The first-order chi connectivity index (χ1) is 11.9. The molecule has 7 heteroatoms. The zero-order chi connectivity index (χ0) is 18.4. The molecular weight excluding hydrogens is 327 g/mol. The first-order valence-electron chi connectivity index (χ1n) is 7.53. The first kappa shape index (κ1) is 18.3. The van der Waals surface area contributed by atoms with Gasteiger partial charge in [0.15, 0.2) is 18.2 Å². The Morgan fingerprint density at radius 3 is 2.32 bits per heavy atom.